The van der Waals surface area contributed by atoms with Gasteiger partial charge < -0.3 is 15.4 Å². The Kier molecular flexibility index (Phi) is 4.49. The van der Waals surface area contributed by atoms with Crippen molar-refractivity contribution in [3.63, 3.8) is 0 Å². The maximum absolute atomic E-state index is 3.06. The molecule has 1 aliphatic rings. The van der Waals surface area contributed by atoms with Gasteiger partial charge in [-0.15, -0.1) is 0 Å². The molecule has 3 rings (SSSR count). The lowest BCUT2D eigenvalue weighted by molar-refractivity contribution is 1.28. The summed E-state index contributed by atoms with van der Waals surface area (Å²) in [5.41, 5.74) is 0. The molecule has 16 heavy (non-hydrogen) atoms. The summed E-state index contributed by atoms with van der Waals surface area (Å²) in [7, 11) is 2.81. The third-order valence-electron chi connectivity index (χ3n) is 2.41. The summed E-state index contributed by atoms with van der Waals surface area (Å²) in [6.07, 6.45) is 0. The highest BCUT2D eigenvalue weighted by Crippen LogP contribution is 2.11. The van der Waals surface area contributed by atoms with Crippen molar-refractivity contribution in [1.29, 1.82) is 0 Å². The first kappa shape index (κ1) is 11.3. The summed E-state index contributed by atoms with van der Waals surface area (Å²) in [5, 5.41) is 11.8. The SMILES string of the molecule is B1NBNBN1.c1ccc2ccccc2c1. The first-order valence-electron chi connectivity index (χ1n) is 5.53. The summed E-state index contributed by atoms with van der Waals surface area (Å²) in [4.78, 5) is 0. The van der Waals surface area contributed by atoms with E-state index in [0.717, 1.165) is 22.6 Å². The summed E-state index contributed by atoms with van der Waals surface area (Å²) in [6, 6.07) is 16.7. The van der Waals surface area contributed by atoms with E-state index >= 15 is 0 Å². The van der Waals surface area contributed by atoms with Crippen LogP contribution in [0.1, 0.15) is 0 Å². The third-order valence-corrected chi connectivity index (χ3v) is 2.41. The Morgan fingerprint density at radius 2 is 0.875 bits per heavy atom. The predicted molar refractivity (Wildman–Crippen MR) is 74.8 cm³/mol. The number of benzene rings is 2. The van der Waals surface area contributed by atoms with Crippen LogP contribution in [0.2, 0.25) is 0 Å². The molecule has 1 saturated heterocycles. The van der Waals surface area contributed by atoms with Crippen LogP contribution < -0.4 is 15.4 Å². The van der Waals surface area contributed by atoms with Crippen LogP contribution in [0.3, 0.4) is 0 Å². The average molecular weight is 209 g/mol. The lowest BCUT2D eigenvalue weighted by atomic mass is 9.85. The minimum absolute atomic E-state index is 0.938. The molecular formula is C10H14B3N3. The second-order valence-electron chi connectivity index (χ2n) is 3.63. The molecule has 1 fully saturated rings. The molecule has 1 aliphatic heterocycles. The van der Waals surface area contributed by atoms with Gasteiger partial charge in [0.1, 0.15) is 0 Å². The van der Waals surface area contributed by atoms with E-state index in [-0.39, 0.29) is 0 Å². The fourth-order valence-electron chi connectivity index (χ4n) is 1.59. The summed E-state index contributed by atoms with van der Waals surface area (Å²) >= 11 is 0. The highest BCUT2D eigenvalue weighted by atomic mass is 15.0. The Hall–Kier alpha value is -1.23. The lowest BCUT2D eigenvalue weighted by Crippen LogP contribution is -2.55. The molecule has 0 aromatic heterocycles. The van der Waals surface area contributed by atoms with Crippen molar-refractivity contribution in [1.82, 2.24) is 15.4 Å². The van der Waals surface area contributed by atoms with E-state index in [1.807, 2.05) is 0 Å². The molecule has 0 spiro atoms. The average Bonchev–Trinajstić information content (AvgIpc) is 2.42. The number of fused-ring (bicyclic) bond motifs is 1. The van der Waals surface area contributed by atoms with E-state index in [1.54, 1.807) is 0 Å². The Bertz CT molecular complexity index is 357. The van der Waals surface area contributed by atoms with Crippen LogP contribution in [-0.2, 0) is 0 Å². The van der Waals surface area contributed by atoms with Crippen LogP contribution in [-0.4, -0.2) is 22.6 Å². The lowest BCUT2D eigenvalue weighted by Gasteiger charge is -2.08. The van der Waals surface area contributed by atoms with Gasteiger partial charge in [0.2, 0.25) is 0 Å². The maximum atomic E-state index is 3.06. The molecule has 0 saturated carbocycles. The van der Waals surface area contributed by atoms with E-state index in [4.69, 9.17) is 0 Å². The molecule has 6 heteroatoms. The van der Waals surface area contributed by atoms with Gasteiger partial charge in [-0.1, -0.05) is 48.5 Å². The molecule has 2 aromatic rings. The van der Waals surface area contributed by atoms with Crippen LogP contribution in [0.5, 0.6) is 0 Å². The molecule has 1 heterocycles. The van der Waals surface area contributed by atoms with Gasteiger partial charge in [0.25, 0.3) is 22.6 Å². The molecule has 2 aromatic carbocycles. The van der Waals surface area contributed by atoms with Gasteiger partial charge in [-0.3, -0.25) is 0 Å². The van der Waals surface area contributed by atoms with Gasteiger partial charge >= 0.3 is 0 Å². The van der Waals surface area contributed by atoms with Gasteiger partial charge in [-0.25, -0.2) is 0 Å². The second-order valence-corrected chi connectivity index (χ2v) is 3.63. The fourth-order valence-corrected chi connectivity index (χ4v) is 1.59. The first-order chi connectivity index (χ1) is 7.97. The number of rotatable bonds is 0. The Morgan fingerprint density at radius 3 is 1.12 bits per heavy atom. The van der Waals surface area contributed by atoms with Crippen molar-refractivity contribution >= 4 is 33.4 Å². The molecule has 0 aliphatic carbocycles. The van der Waals surface area contributed by atoms with E-state index in [9.17, 15) is 0 Å². The van der Waals surface area contributed by atoms with E-state index in [2.05, 4.69) is 63.9 Å². The van der Waals surface area contributed by atoms with Gasteiger partial charge in [0.15, 0.2) is 0 Å². The molecule has 0 radical (unpaired) electrons. The fraction of sp³-hybridized carbons (Fsp3) is 0. The standard InChI is InChI=1S/C10H8.B3H6N3/c1-2-6-10-8-4-3-7-9(10)5-1;1-4-2-6-3-5-1/h1-8H;1-6H. The van der Waals surface area contributed by atoms with Crippen molar-refractivity contribution in [2.45, 2.75) is 0 Å². The van der Waals surface area contributed by atoms with Crippen molar-refractivity contribution in [3.05, 3.63) is 48.5 Å². The van der Waals surface area contributed by atoms with Crippen LogP contribution in [0, 0.1) is 0 Å². The maximum Gasteiger partial charge on any atom is 0.265 e. The Labute approximate surface area is 97.9 Å². The highest BCUT2D eigenvalue weighted by molar-refractivity contribution is 6.65. The van der Waals surface area contributed by atoms with Crippen LogP contribution in [0.15, 0.2) is 48.5 Å². The van der Waals surface area contributed by atoms with Crippen molar-refractivity contribution in [3.8, 4) is 0 Å². The molecule has 0 atom stereocenters. The summed E-state index contributed by atoms with van der Waals surface area (Å²) in [6.45, 7) is 0. The van der Waals surface area contributed by atoms with Gasteiger partial charge in [0, 0.05) is 0 Å². The zero-order valence-electron chi connectivity index (χ0n) is 9.24. The normalized spacial score (nSPS) is 13.8. The van der Waals surface area contributed by atoms with Gasteiger partial charge in [0.05, 0.1) is 0 Å². The Balaban J connectivity index is 0.000000138. The molecule has 0 bridgehead atoms. The Morgan fingerprint density at radius 1 is 0.562 bits per heavy atom. The predicted octanol–water partition coefficient (Wildman–Crippen LogP) is -0.592. The first-order valence-corrected chi connectivity index (χ1v) is 5.53. The molecular weight excluding hydrogens is 195 g/mol. The minimum Gasteiger partial charge on any atom is -0.378 e. The second kappa shape index (κ2) is 6.38. The molecule has 3 nitrogen and oxygen atoms in total. The van der Waals surface area contributed by atoms with Crippen molar-refractivity contribution < 1.29 is 0 Å². The van der Waals surface area contributed by atoms with E-state index in [1.165, 1.54) is 10.8 Å². The van der Waals surface area contributed by atoms with Crippen LogP contribution in [0.25, 0.3) is 10.8 Å². The van der Waals surface area contributed by atoms with E-state index < -0.39 is 0 Å². The summed E-state index contributed by atoms with van der Waals surface area (Å²) in [5.74, 6) is 0. The number of nitrogens with one attached hydrogen (secondary N) is 3. The topological polar surface area (TPSA) is 36.1 Å². The molecule has 0 amide bonds. The summed E-state index contributed by atoms with van der Waals surface area (Å²) < 4.78 is 0. The largest absolute Gasteiger partial charge is 0.378 e. The van der Waals surface area contributed by atoms with Crippen LogP contribution >= 0.6 is 0 Å². The number of hydrogen-bond acceptors (Lipinski definition) is 3. The van der Waals surface area contributed by atoms with Crippen molar-refractivity contribution in [2.75, 3.05) is 0 Å². The molecule has 0 unspecified atom stereocenters. The zero-order chi connectivity index (χ0) is 11.1. The number of hydrogen-bond donors (Lipinski definition) is 3. The highest BCUT2D eigenvalue weighted by Gasteiger charge is 1.97. The van der Waals surface area contributed by atoms with Crippen molar-refractivity contribution in [2.24, 2.45) is 0 Å². The van der Waals surface area contributed by atoms with E-state index in [0.29, 0.717) is 0 Å². The monoisotopic (exact) mass is 209 g/mol. The quantitative estimate of drug-likeness (QED) is 0.507. The van der Waals surface area contributed by atoms with Crippen LogP contribution in [0.4, 0.5) is 0 Å². The van der Waals surface area contributed by atoms with Gasteiger partial charge in [-0.05, 0) is 10.8 Å². The smallest absolute Gasteiger partial charge is 0.265 e. The molecule has 3 N–H and O–H groups in total. The van der Waals surface area contributed by atoms with Gasteiger partial charge in [-0.2, -0.15) is 0 Å². The molecule has 78 valence electrons. The minimum atomic E-state index is 0.938. The zero-order valence-corrected chi connectivity index (χ0v) is 9.24. The third kappa shape index (κ3) is 3.41.